The van der Waals surface area contributed by atoms with Crippen molar-refractivity contribution < 1.29 is 14.0 Å². The Labute approximate surface area is 156 Å². The Morgan fingerprint density at radius 2 is 2.08 bits per heavy atom. The predicted molar refractivity (Wildman–Crippen MR) is 98.2 cm³/mol. The van der Waals surface area contributed by atoms with E-state index in [0.29, 0.717) is 25.9 Å². The van der Waals surface area contributed by atoms with E-state index < -0.39 is 0 Å². The third-order valence-electron chi connectivity index (χ3n) is 4.15. The van der Waals surface area contributed by atoms with Gasteiger partial charge in [0.05, 0.1) is 16.8 Å². The summed E-state index contributed by atoms with van der Waals surface area (Å²) in [6.07, 6.45) is 2.68. The van der Waals surface area contributed by atoms with E-state index in [2.05, 4.69) is 10.3 Å². The minimum atomic E-state index is -0.266. The SMILES string of the molecule is O=C(CSc1ccccn1)N[C@@H]1CC(=O)N(CCc2ccc(F)cc2)C1. The van der Waals surface area contributed by atoms with Gasteiger partial charge in [-0.3, -0.25) is 9.59 Å². The number of carbonyl (C=O) groups excluding carboxylic acids is 2. The van der Waals surface area contributed by atoms with E-state index in [1.807, 2.05) is 18.2 Å². The minimum absolute atomic E-state index is 0.0368. The summed E-state index contributed by atoms with van der Waals surface area (Å²) in [7, 11) is 0. The molecule has 0 saturated carbocycles. The van der Waals surface area contributed by atoms with Crippen molar-refractivity contribution in [2.45, 2.75) is 23.9 Å². The fourth-order valence-electron chi connectivity index (χ4n) is 2.84. The fraction of sp³-hybridized carbons (Fsp3) is 0.316. The van der Waals surface area contributed by atoms with Crippen LogP contribution < -0.4 is 5.32 Å². The number of likely N-dealkylation sites (tertiary alicyclic amines) is 1. The lowest BCUT2D eigenvalue weighted by atomic mass is 10.1. The Morgan fingerprint density at radius 3 is 2.81 bits per heavy atom. The van der Waals surface area contributed by atoms with Crippen LogP contribution in [-0.2, 0) is 16.0 Å². The molecular weight excluding hydrogens is 353 g/mol. The van der Waals surface area contributed by atoms with Gasteiger partial charge in [0.25, 0.3) is 0 Å². The molecule has 2 amide bonds. The molecule has 26 heavy (non-hydrogen) atoms. The third kappa shape index (κ3) is 5.29. The van der Waals surface area contributed by atoms with Gasteiger partial charge in [-0.1, -0.05) is 30.0 Å². The smallest absolute Gasteiger partial charge is 0.230 e. The number of aromatic nitrogens is 1. The maximum atomic E-state index is 12.9. The van der Waals surface area contributed by atoms with Gasteiger partial charge < -0.3 is 10.2 Å². The van der Waals surface area contributed by atoms with Crippen LogP contribution in [0.15, 0.2) is 53.7 Å². The molecule has 1 atom stereocenters. The van der Waals surface area contributed by atoms with Gasteiger partial charge >= 0.3 is 0 Å². The Bertz CT molecular complexity index is 755. The summed E-state index contributed by atoms with van der Waals surface area (Å²) in [5, 5.41) is 3.71. The molecule has 1 saturated heterocycles. The molecule has 1 aliphatic rings. The number of benzene rings is 1. The first-order valence-corrected chi connectivity index (χ1v) is 9.44. The van der Waals surface area contributed by atoms with Gasteiger partial charge in [0.1, 0.15) is 5.82 Å². The lowest BCUT2D eigenvalue weighted by molar-refractivity contribution is -0.127. The monoisotopic (exact) mass is 373 g/mol. The Morgan fingerprint density at radius 1 is 1.27 bits per heavy atom. The van der Waals surface area contributed by atoms with Crippen molar-refractivity contribution in [1.82, 2.24) is 15.2 Å². The van der Waals surface area contributed by atoms with Crippen molar-refractivity contribution >= 4 is 23.6 Å². The summed E-state index contributed by atoms with van der Waals surface area (Å²) in [5.74, 6) is -0.0527. The Hall–Kier alpha value is -2.41. The van der Waals surface area contributed by atoms with Crippen molar-refractivity contribution in [2.75, 3.05) is 18.8 Å². The molecular formula is C19H20FN3O2S. The number of hydrogen-bond acceptors (Lipinski definition) is 4. The number of rotatable bonds is 7. The zero-order chi connectivity index (χ0) is 18.4. The summed E-state index contributed by atoms with van der Waals surface area (Å²) in [5.41, 5.74) is 0.985. The minimum Gasteiger partial charge on any atom is -0.350 e. The number of thioether (sulfide) groups is 1. The molecule has 0 radical (unpaired) electrons. The number of carbonyl (C=O) groups is 2. The molecule has 0 unspecified atom stereocenters. The molecule has 1 N–H and O–H groups in total. The number of pyridine rings is 1. The molecule has 0 bridgehead atoms. The summed E-state index contributed by atoms with van der Waals surface area (Å²) in [4.78, 5) is 30.1. The molecule has 136 valence electrons. The average Bonchev–Trinajstić information content (AvgIpc) is 2.99. The standard InChI is InChI=1S/C19H20FN3O2S/c20-15-6-4-14(5-7-15)8-10-23-12-16(11-19(23)25)22-17(24)13-26-18-3-1-2-9-21-18/h1-7,9,16H,8,10-13H2,(H,22,24)/t16-/m1/s1. The van der Waals surface area contributed by atoms with Crippen LogP contribution in [-0.4, -0.2) is 46.6 Å². The summed E-state index contributed by atoms with van der Waals surface area (Å²) in [6, 6.07) is 11.7. The van der Waals surface area contributed by atoms with Gasteiger partial charge in [0.2, 0.25) is 11.8 Å². The van der Waals surface area contributed by atoms with Crippen LogP contribution in [0.1, 0.15) is 12.0 Å². The van der Waals surface area contributed by atoms with Crippen LogP contribution in [0.25, 0.3) is 0 Å². The molecule has 1 aliphatic heterocycles. The molecule has 2 heterocycles. The quantitative estimate of drug-likeness (QED) is 0.757. The van der Waals surface area contributed by atoms with Gasteiger partial charge in [-0.05, 0) is 36.2 Å². The largest absolute Gasteiger partial charge is 0.350 e. The Kier molecular flexibility index (Phi) is 6.22. The van der Waals surface area contributed by atoms with Crippen molar-refractivity contribution in [1.29, 1.82) is 0 Å². The van der Waals surface area contributed by atoms with Crippen LogP contribution in [0.3, 0.4) is 0 Å². The molecule has 0 spiro atoms. The maximum Gasteiger partial charge on any atom is 0.230 e. The highest BCUT2D eigenvalue weighted by atomic mass is 32.2. The van der Waals surface area contributed by atoms with Crippen LogP contribution >= 0.6 is 11.8 Å². The molecule has 2 aromatic rings. The van der Waals surface area contributed by atoms with E-state index in [0.717, 1.165) is 10.6 Å². The van der Waals surface area contributed by atoms with Crippen molar-refractivity contribution in [3.05, 3.63) is 60.0 Å². The van der Waals surface area contributed by atoms with Crippen molar-refractivity contribution in [3.63, 3.8) is 0 Å². The van der Waals surface area contributed by atoms with Crippen molar-refractivity contribution in [2.24, 2.45) is 0 Å². The first-order chi connectivity index (χ1) is 12.6. The number of halogens is 1. The topological polar surface area (TPSA) is 62.3 Å². The van der Waals surface area contributed by atoms with E-state index >= 15 is 0 Å². The summed E-state index contributed by atoms with van der Waals surface area (Å²) < 4.78 is 12.9. The van der Waals surface area contributed by atoms with E-state index in [-0.39, 0.29) is 29.4 Å². The highest BCUT2D eigenvalue weighted by molar-refractivity contribution is 7.99. The van der Waals surface area contributed by atoms with Gasteiger partial charge in [0.15, 0.2) is 0 Å². The fourth-order valence-corrected chi connectivity index (χ4v) is 3.51. The first kappa shape index (κ1) is 18.4. The zero-order valence-electron chi connectivity index (χ0n) is 14.2. The van der Waals surface area contributed by atoms with Crippen LogP contribution in [0, 0.1) is 5.82 Å². The molecule has 1 aromatic heterocycles. The highest BCUT2D eigenvalue weighted by Gasteiger charge is 2.30. The molecule has 0 aliphatic carbocycles. The molecule has 3 rings (SSSR count). The molecule has 1 fully saturated rings. The second-order valence-electron chi connectivity index (χ2n) is 6.14. The van der Waals surface area contributed by atoms with E-state index in [4.69, 9.17) is 0 Å². The number of amides is 2. The lowest BCUT2D eigenvalue weighted by Gasteiger charge is -2.17. The van der Waals surface area contributed by atoms with Gasteiger partial charge in [-0.2, -0.15) is 0 Å². The van der Waals surface area contributed by atoms with E-state index in [9.17, 15) is 14.0 Å². The highest BCUT2D eigenvalue weighted by Crippen LogP contribution is 2.15. The summed E-state index contributed by atoms with van der Waals surface area (Å²) in [6.45, 7) is 1.08. The van der Waals surface area contributed by atoms with Gasteiger partial charge in [-0.15, -0.1) is 0 Å². The third-order valence-corrected chi connectivity index (χ3v) is 5.10. The average molecular weight is 373 g/mol. The van der Waals surface area contributed by atoms with Crippen molar-refractivity contribution in [3.8, 4) is 0 Å². The van der Waals surface area contributed by atoms with Gasteiger partial charge in [0, 0.05) is 25.7 Å². The van der Waals surface area contributed by atoms with Crippen LogP contribution in [0.5, 0.6) is 0 Å². The van der Waals surface area contributed by atoms with Crippen LogP contribution in [0.4, 0.5) is 4.39 Å². The molecule has 7 heteroatoms. The molecule has 5 nitrogen and oxygen atoms in total. The second-order valence-corrected chi connectivity index (χ2v) is 7.14. The van der Waals surface area contributed by atoms with E-state index in [1.54, 1.807) is 23.2 Å². The normalized spacial score (nSPS) is 16.7. The van der Waals surface area contributed by atoms with Gasteiger partial charge in [-0.25, -0.2) is 9.37 Å². The predicted octanol–water partition coefficient (Wildman–Crippen LogP) is 2.27. The zero-order valence-corrected chi connectivity index (χ0v) is 15.0. The summed E-state index contributed by atoms with van der Waals surface area (Å²) >= 11 is 1.37. The second kappa shape index (κ2) is 8.80. The number of nitrogens with zero attached hydrogens (tertiary/aromatic N) is 2. The molecule has 1 aromatic carbocycles. The Balaban J connectivity index is 1.42. The number of nitrogens with one attached hydrogen (secondary N) is 1. The maximum absolute atomic E-state index is 12.9. The van der Waals surface area contributed by atoms with Crippen LogP contribution in [0.2, 0.25) is 0 Å². The number of hydrogen-bond donors (Lipinski definition) is 1. The van der Waals surface area contributed by atoms with E-state index in [1.165, 1.54) is 23.9 Å². The lowest BCUT2D eigenvalue weighted by Crippen LogP contribution is -2.38. The first-order valence-electron chi connectivity index (χ1n) is 8.45.